The van der Waals surface area contributed by atoms with Crippen LogP contribution in [0.5, 0.6) is 0 Å². The molecule has 156 valence electrons. The number of nitrogens with zero attached hydrogens (tertiary/aromatic N) is 3. The van der Waals surface area contributed by atoms with E-state index < -0.39 is 5.66 Å². The molecule has 7 nitrogen and oxygen atoms in total. The van der Waals surface area contributed by atoms with Gasteiger partial charge in [0.25, 0.3) is 5.91 Å². The number of nitrogens with one attached hydrogen (secondary N) is 1. The summed E-state index contributed by atoms with van der Waals surface area (Å²) in [6.45, 7) is 0. The lowest BCUT2D eigenvalue weighted by Gasteiger charge is -2.45. The van der Waals surface area contributed by atoms with E-state index in [2.05, 4.69) is 15.3 Å². The van der Waals surface area contributed by atoms with Crippen molar-refractivity contribution in [1.82, 2.24) is 0 Å². The lowest BCUT2D eigenvalue weighted by molar-refractivity contribution is 0.102. The monoisotopic (exact) mass is 444 g/mol. The third-order valence-electron chi connectivity index (χ3n) is 5.39. The standard InChI is InChI=1S/C21H22Cl2N6O/c22-13-7-8-16(17(23)11-13)18(30)26-14-5-4-6-15(12-14)29-20(25)27-19(24)28-21(29)9-2-1-3-10-21/h4-8,11-12H,1-3,9-10H2,(H,26,30)(H4,24,25,27,28). The third kappa shape index (κ3) is 3.95. The van der Waals surface area contributed by atoms with Crippen LogP contribution in [0.3, 0.4) is 0 Å². The largest absolute Gasteiger partial charge is 0.369 e. The molecule has 9 heteroatoms. The first kappa shape index (κ1) is 20.5. The van der Waals surface area contributed by atoms with Crippen molar-refractivity contribution < 1.29 is 4.79 Å². The first-order valence-electron chi connectivity index (χ1n) is 9.74. The fraction of sp³-hybridized carbons (Fsp3) is 0.286. The van der Waals surface area contributed by atoms with Crippen molar-refractivity contribution in [2.45, 2.75) is 37.8 Å². The van der Waals surface area contributed by atoms with E-state index >= 15 is 0 Å². The SMILES string of the molecule is NC1=NC2(CCCCC2)N(c2cccc(NC(=O)c3ccc(Cl)cc3Cl)c2)C(N)=N1. The Labute approximate surface area is 184 Å². The summed E-state index contributed by atoms with van der Waals surface area (Å²) in [4.78, 5) is 23.5. The van der Waals surface area contributed by atoms with Crippen LogP contribution < -0.4 is 21.7 Å². The van der Waals surface area contributed by atoms with Crippen LogP contribution in [0, 0.1) is 0 Å². The second-order valence-corrected chi connectivity index (χ2v) is 8.29. The minimum Gasteiger partial charge on any atom is -0.369 e. The molecule has 2 aromatic rings. The number of hydrogen-bond acceptors (Lipinski definition) is 6. The molecular formula is C21H22Cl2N6O. The Bertz CT molecular complexity index is 1050. The normalized spacial score (nSPS) is 18.0. The highest BCUT2D eigenvalue weighted by atomic mass is 35.5. The fourth-order valence-electron chi connectivity index (χ4n) is 4.09. The Kier molecular flexibility index (Phi) is 5.58. The molecule has 1 amide bonds. The molecular weight excluding hydrogens is 423 g/mol. The Morgan fingerprint density at radius 2 is 1.83 bits per heavy atom. The zero-order chi connectivity index (χ0) is 21.3. The zero-order valence-electron chi connectivity index (χ0n) is 16.2. The maximum atomic E-state index is 12.7. The van der Waals surface area contributed by atoms with Crippen LogP contribution in [-0.4, -0.2) is 23.5 Å². The van der Waals surface area contributed by atoms with Gasteiger partial charge in [-0.2, -0.15) is 4.99 Å². The van der Waals surface area contributed by atoms with Crippen LogP contribution in [0.15, 0.2) is 52.4 Å². The number of halogens is 2. The molecule has 1 spiro atoms. The maximum absolute atomic E-state index is 12.7. The fourth-order valence-corrected chi connectivity index (χ4v) is 4.58. The van der Waals surface area contributed by atoms with E-state index in [0.29, 0.717) is 22.2 Å². The zero-order valence-corrected chi connectivity index (χ0v) is 17.7. The number of aliphatic imine (C=N–C) groups is 2. The Morgan fingerprint density at radius 1 is 1.07 bits per heavy atom. The van der Waals surface area contributed by atoms with Gasteiger partial charge in [0.15, 0.2) is 0 Å². The number of carbonyl (C=O) groups excluding carboxylic acids is 1. The van der Waals surface area contributed by atoms with Gasteiger partial charge in [-0.3, -0.25) is 9.69 Å². The molecule has 0 unspecified atom stereocenters. The highest BCUT2D eigenvalue weighted by Crippen LogP contribution is 2.40. The van der Waals surface area contributed by atoms with Gasteiger partial charge in [0.1, 0.15) is 5.66 Å². The maximum Gasteiger partial charge on any atom is 0.257 e. The van der Waals surface area contributed by atoms with Crippen LogP contribution in [0.1, 0.15) is 42.5 Å². The van der Waals surface area contributed by atoms with Crippen molar-refractivity contribution in [1.29, 1.82) is 0 Å². The highest BCUT2D eigenvalue weighted by Gasteiger charge is 2.42. The molecule has 0 saturated heterocycles. The van der Waals surface area contributed by atoms with Crippen LogP contribution in [0.25, 0.3) is 0 Å². The minimum absolute atomic E-state index is 0.201. The van der Waals surface area contributed by atoms with Gasteiger partial charge in [-0.25, -0.2) is 4.99 Å². The Morgan fingerprint density at radius 3 is 2.57 bits per heavy atom. The Hall–Kier alpha value is -2.77. The molecule has 2 aromatic carbocycles. The van der Waals surface area contributed by atoms with E-state index in [-0.39, 0.29) is 16.9 Å². The van der Waals surface area contributed by atoms with Crippen LogP contribution >= 0.6 is 23.2 Å². The second-order valence-electron chi connectivity index (χ2n) is 7.45. The van der Waals surface area contributed by atoms with E-state index in [9.17, 15) is 4.79 Å². The average Bonchev–Trinajstić information content (AvgIpc) is 2.68. The molecule has 1 fully saturated rings. The molecule has 1 saturated carbocycles. The van der Waals surface area contributed by atoms with E-state index in [1.807, 2.05) is 23.1 Å². The molecule has 4 rings (SSSR count). The summed E-state index contributed by atoms with van der Waals surface area (Å²) in [6.07, 6.45) is 4.89. The number of amides is 1. The molecule has 0 aromatic heterocycles. The van der Waals surface area contributed by atoms with Gasteiger partial charge in [-0.1, -0.05) is 35.7 Å². The molecule has 1 heterocycles. The molecule has 0 radical (unpaired) electrons. The summed E-state index contributed by atoms with van der Waals surface area (Å²) < 4.78 is 0. The predicted octanol–water partition coefficient (Wildman–Crippen LogP) is 4.36. The van der Waals surface area contributed by atoms with Crippen molar-refractivity contribution in [3.05, 3.63) is 58.1 Å². The first-order valence-corrected chi connectivity index (χ1v) is 10.5. The summed E-state index contributed by atoms with van der Waals surface area (Å²) in [6, 6.07) is 12.2. The lowest BCUT2D eigenvalue weighted by Crippen LogP contribution is -2.58. The van der Waals surface area contributed by atoms with E-state index in [1.54, 1.807) is 18.2 Å². The summed E-state index contributed by atoms with van der Waals surface area (Å²) in [7, 11) is 0. The summed E-state index contributed by atoms with van der Waals surface area (Å²) in [5.74, 6) is 0.171. The van der Waals surface area contributed by atoms with E-state index in [1.165, 1.54) is 6.07 Å². The molecule has 1 aliphatic carbocycles. The smallest absolute Gasteiger partial charge is 0.257 e. The van der Waals surface area contributed by atoms with Crippen molar-refractivity contribution in [3.8, 4) is 0 Å². The van der Waals surface area contributed by atoms with Crippen LogP contribution in [0.2, 0.25) is 10.0 Å². The van der Waals surface area contributed by atoms with Gasteiger partial charge in [0.05, 0.1) is 10.6 Å². The lowest BCUT2D eigenvalue weighted by atomic mass is 9.87. The van der Waals surface area contributed by atoms with Crippen molar-refractivity contribution in [2.24, 2.45) is 21.5 Å². The summed E-state index contributed by atoms with van der Waals surface area (Å²) in [5.41, 5.74) is 13.4. The number of hydrogen-bond donors (Lipinski definition) is 3. The number of carbonyl (C=O) groups is 1. The molecule has 0 bridgehead atoms. The molecule has 30 heavy (non-hydrogen) atoms. The number of guanidine groups is 2. The number of rotatable bonds is 3. The van der Waals surface area contributed by atoms with Crippen LogP contribution in [0.4, 0.5) is 11.4 Å². The average molecular weight is 445 g/mol. The van der Waals surface area contributed by atoms with Crippen molar-refractivity contribution >= 4 is 52.4 Å². The molecule has 1 aliphatic heterocycles. The quantitative estimate of drug-likeness (QED) is 0.652. The number of nitrogens with two attached hydrogens (primary N) is 2. The van der Waals surface area contributed by atoms with E-state index in [0.717, 1.165) is 37.8 Å². The Balaban J connectivity index is 1.64. The summed E-state index contributed by atoms with van der Waals surface area (Å²) >= 11 is 12.1. The molecule has 0 atom stereocenters. The predicted molar refractivity (Wildman–Crippen MR) is 122 cm³/mol. The van der Waals surface area contributed by atoms with Gasteiger partial charge in [0.2, 0.25) is 11.9 Å². The molecule has 5 N–H and O–H groups in total. The number of benzene rings is 2. The van der Waals surface area contributed by atoms with Crippen molar-refractivity contribution in [2.75, 3.05) is 10.2 Å². The second kappa shape index (κ2) is 8.16. The van der Waals surface area contributed by atoms with Crippen LogP contribution in [-0.2, 0) is 0 Å². The number of anilines is 2. The van der Waals surface area contributed by atoms with Gasteiger partial charge in [-0.05, 0) is 62.1 Å². The van der Waals surface area contributed by atoms with Crippen molar-refractivity contribution in [3.63, 3.8) is 0 Å². The van der Waals surface area contributed by atoms with Gasteiger partial charge < -0.3 is 16.8 Å². The summed E-state index contributed by atoms with van der Waals surface area (Å²) in [5, 5.41) is 3.63. The van der Waals surface area contributed by atoms with E-state index in [4.69, 9.17) is 34.7 Å². The minimum atomic E-state index is -0.545. The van der Waals surface area contributed by atoms with Gasteiger partial charge in [0, 0.05) is 16.4 Å². The highest BCUT2D eigenvalue weighted by molar-refractivity contribution is 6.37. The van der Waals surface area contributed by atoms with Gasteiger partial charge >= 0.3 is 0 Å². The molecule has 2 aliphatic rings. The first-order chi connectivity index (χ1) is 14.4. The topological polar surface area (TPSA) is 109 Å². The van der Waals surface area contributed by atoms with Gasteiger partial charge in [-0.15, -0.1) is 0 Å². The third-order valence-corrected chi connectivity index (χ3v) is 5.94.